The summed E-state index contributed by atoms with van der Waals surface area (Å²) in [5.74, 6) is 0.972. The molecule has 98 valence electrons. The summed E-state index contributed by atoms with van der Waals surface area (Å²) >= 11 is 0. The van der Waals surface area contributed by atoms with E-state index in [0.29, 0.717) is 5.92 Å². The number of rotatable bonds is 3. The fourth-order valence-electron chi connectivity index (χ4n) is 2.97. The van der Waals surface area contributed by atoms with Crippen molar-refractivity contribution in [1.29, 1.82) is 0 Å². The van der Waals surface area contributed by atoms with E-state index in [2.05, 4.69) is 0 Å². The van der Waals surface area contributed by atoms with Crippen LogP contribution >= 0.6 is 0 Å². The molecule has 3 unspecified atom stereocenters. The van der Waals surface area contributed by atoms with Crippen LogP contribution in [0.2, 0.25) is 0 Å². The van der Waals surface area contributed by atoms with Crippen molar-refractivity contribution >= 4 is 5.91 Å². The third-order valence-electron chi connectivity index (χ3n) is 4.00. The molecular formula is C13H24N2O2. The molecule has 1 aliphatic heterocycles. The Morgan fingerprint density at radius 2 is 2.24 bits per heavy atom. The summed E-state index contributed by atoms with van der Waals surface area (Å²) < 4.78 is 5.34. The summed E-state index contributed by atoms with van der Waals surface area (Å²) in [6, 6.07) is 0.223. The normalized spacial score (nSPS) is 33.6. The van der Waals surface area contributed by atoms with Crippen LogP contribution in [0, 0.1) is 11.8 Å². The van der Waals surface area contributed by atoms with Gasteiger partial charge in [0.05, 0.1) is 6.61 Å². The Morgan fingerprint density at radius 3 is 2.88 bits per heavy atom. The molecule has 1 saturated carbocycles. The molecular weight excluding hydrogens is 216 g/mol. The van der Waals surface area contributed by atoms with Gasteiger partial charge < -0.3 is 15.4 Å². The number of hydrogen-bond acceptors (Lipinski definition) is 3. The molecule has 1 amide bonds. The summed E-state index contributed by atoms with van der Waals surface area (Å²) in [7, 11) is 1.92. The topological polar surface area (TPSA) is 55.6 Å². The lowest BCUT2D eigenvalue weighted by molar-refractivity contribution is -0.136. The highest BCUT2D eigenvalue weighted by Gasteiger charge is 2.29. The SMILES string of the molecule is CN(CC1CCOC1)C(=O)C1CCCC(N)C1. The van der Waals surface area contributed by atoms with E-state index in [0.717, 1.165) is 51.9 Å². The number of hydrogen-bond donors (Lipinski definition) is 1. The van der Waals surface area contributed by atoms with Crippen molar-refractivity contribution in [3.8, 4) is 0 Å². The Kier molecular flexibility index (Phi) is 4.40. The van der Waals surface area contributed by atoms with E-state index in [-0.39, 0.29) is 17.9 Å². The van der Waals surface area contributed by atoms with E-state index in [1.54, 1.807) is 0 Å². The van der Waals surface area contributed by atoms with Crippen LogP contribution in [0.25, 0.3) is 0 Å². The zero-order valence-corrected chi connectivity index (χ0v) is 10.7. The maximum Gasteiger partial charge on any atom is 0.225 e. The lowest BCUT2D eigenvalue weighted by Gasteiger charge is -2.30. The molecule has 2 rings (SSSR count). The van der Waals surface area contributed by atoms with Crippen molar-refractivity contribution < 1.29 is 9.53 Å². The van der Waals surface area contributed by atoms with E-state index in [1.807, 2.05) is 11.9 Å². The number of amides is 1. The minimum absolute atomic E-state index is 0.158. The molecule has 0 aromatic rings. The van der Waals surface area contributed by atoms with Crippen LogP contribution in [0.3, 0.4) is 0 Å². The van der Waals surface area contributed by atoms with Crippen molar-refractivity contribution in [3.05, 3.63) is 0 Å². The highest BCUT2D eigenvalue weighted by Crippen LogP contribution is 2.25. The van der Waals surface area contributed by atoms with E-state index in [4.69, 9.17) is 10.5 Å². The maximum absolute atomic E-state index is 12.3. The quantitative estimate of drug-likeness (QED) is 0.800. The maximum atomic E-state index is 12.3. The summed E-state index contributed by atoms with van der Waals surface area (Å²) in [5, 5.41) is 0. The molecule has 1 saturated heterocycles. The Morgan fingerprint density at radius 1 is 1.41 bits per heavy atom. The standard InChI is InChI=1S/C13H24N2O2/c1-15(8-10-5-6-17-9-10)13(16)11-3-2-4-12(14)7-11/h10-12H,2-9,14H2,1H3. The highest BCUT2D eigenvalue weighted by atomic mass is 16.5. The van der Waals surface area contributed by atoms with Gasteiger partial charge in [-0.15, -0.1) is 0 Å². The van der Waals surface area contributed by atoms with Gasteiger partial charge in [-0.1, -0.05) is 6.42 Å². The van der Waals surface area contributed by atoms with Gasteiger partial charge in [-0.25, -0.2) is 0 Å². The lowest BCUT2D eigenvalue weighted by Crippen LogP contribution is -2.40. The molecule has 1 heterocycles. The number of carbonyl (C=O) groups excluding carboxylic acids is 1. The predicted molar refractivity (Wildman–Crippen MR) is 66.5 cm³/mol. The number of nitrogens with zero attached hydrogens (tertiary/aromatic N) is 1. The molecule has 2 N–H and O–H groups in total. The van der Waals surface area contributed by atoms with Crippen molar-refractivity contribution in [1.82, 2.24) is 4.90 Å². The summed E-state index contributed by atoms with van der Waals surface area (Å²) in [6.07, 6.45) is 5.13. The first-order chi connectivity index (χ1) is 8.16. The molecule has 2 fully saturated rings. The van der Waals surface area contributed by atoms with Crippen LogP contribution in [0.1, 0.15) is 32.1 Å². The Hall–Kier alpha value is -0.610. The minimum Gasteiger partial charge on any atom is -0.381 e. The largest absolute Gasteiger partial charge is 0.381 e. The molecule has 3 atom stereocenters. The third-order valence-corrected chi connectivity index (χ3v) is 4.00. The first-order valence-corrected chi connectivity index (χ1v) is 6.75. The smallest absolute Gasteiger partial charge is 0.225 e. The van der Waals surface area contributed by atoms with Gasteiger partial charge in [0.15, 0.2) is 0 Å². The second-order valence-electron chi connectivity index (χ2n) is 5.57. The minimum atomic E-state index is 0.158. The zero-order valence-electron chi connectivity index (χ0n) is 10.7. The van der Waals surface area contributed by atoms with E-state index in [1.165, 1.54) is 0 Å². The van der Waals surface area contributed by atoms with Gasteiger partial charge in [0, 0.05) is 38.1 Å². The molecule has 0 spiro atoms. The van der Waals surface area contributed by atoms with E-state index < -0.39 is 0 Å². The second kappa shape index (κ2) is 5.83. The first-order valence-electron chi connectivity index (χ1n) is 6.75. The van der Waals surface area contributed by atoms with Gasteiger partial charge in [-0.05, 0) is 25.7 Å². The monoisotopic (exact) mass is 240 g/mol. The Balaban J connectivity index is 1.81. The number of carbonyl (C=O) groups is 1. The highest BCUT2D eigenvalue weighted by molar-refractivity contribution is 5.78. The van der Waals surface area contributed by atoms with E-state index >= 15 is 0 Å². The van der Waals surface area contributed by atoms with Crippen LogP contribution in [0.5, 0.6) is 0 Å². The Bertz CT molecular complexity index is 264. The fourth-order valence-corrected chi connectivity index (χ4v) is 2.97. The Labute approximate surface area is 103 Å². The van der Waals surface area contributed by atoms with Crippen LogP contribution in [0.4, 0.5) is 0 Å². The lowest BCUT2D eigenvalue weighted by atomic mass is 9.85. The van der Waals surface area contributed by atoms with E-state index in [9.17, 15) is 4.79 Å². The van der Waals surface area contributed by atoms with Gasteiger partial charge in [0.2, 0.25) is 5.91 Å². The zero-order chi connectivity index (χ0) is 12.3. The number of nitrogens with two attached hydrogens (primary N) is 1. The van der Waals surface area contributed by atoms with Crippen molar-refractivity contribution in [3.63, 3.8) is 0 Å². The predicted octanol–water partition coefficient (Wildman–Crippen LogP) is 0.999. The second-order valence-corrected chi connectivity index (χ2v) is 5.57. The van der Waals surface area contributed by atoms with Crippen LogP contribution in [-0.4, -0.2) is 43.7 Å². The molecule has 4 heteroatoms. The molecule has 0 radical (unpaired) electrons. The summed E-state index contributed by atoms with van der Waals surface area (Å²) in [5.41, 5.74) is 5.94. The van der Waals surface area contributed by atoms with Gasteiger partial charge in [-0.3, -0.25) is 4.79 Å². The molecule has 0 aromatic carbocycles. The molecule has 17 heavy (non-hydrogen) atoms. The van der Waals surface area contributed by atoms with Crippen LogP contribution in [0.15, 0.2) is 0 Å². The molecule has 4 nitrogen and oxygen atoms in total. The average Bonchev–Trinajstić information content (AvgIpc) is 2.80. The number of ether oxygens (including phenoxy) is 1. The van der Waals surface area contributed by atoms with Crippen LogP contribution in [-0.2, 0) is 9.53 Å². The molecule has 1 aliphatic carbocycles. The molecule has 0 aromatic heterocycles. The molecule has 2 aliphatic rings. The summed E-state index contributed by atoms with van der Waals surface area (Å²) in [6.45, 7) is 2.49. The van der Waals surface area contributed by atoms with Crippen molar-refractivity contribution in [2.45, 2.75) is 38.1 Å². The third kappa shape index (κ3) is 3.42. The first kappa shape index (κ1) is 12.8. The van der Waals surface area contributed by atoms with Gasteiger partial charge in [-0.2, -0.15) is 0 Å². The van der Waals surface area contributed by atoms with Crippen molar-refractivity contribution in [2.75, 3.05) is 26.8 Å². The fraction of sp³-hybridized carbons (Fsp3) is 0.923. The van der Waals surface area contributed by atoms with Gasteiger partial charge in [0.1, 0.15) is 0 Å². The van der Waals surface area contributed by atoms with Crippen molar-refractivity contribution in [2.24, 2.45) is 17.6 Å². The van der Waals surface area contributed by atoms with Gasteiger partial charge in [0.25, 0.3) is 0 Å². The van der Waals surface area contributed by atoms with Gasteiger partial charge >= 0.3 is 0 Å². The van der Waals surface area contributed by atoms with Crippen LogP contribution < -0.4 is 5.73 Å². The average molecular weight is 240 g/mol. The summed E-state index contributed by atoms with van der Waals surface area (Å²) in [4.78, 5) is 14.2. The molecule has 0 bridgehead atoms.